The predicted molar refractivity (Wildman–Crippen MR) is 116 cm³/mol. The number of rotatable bonds is 5. The number of nitrogens with zero attached hydrogens (tertiary/aromatic N) is 2. The number of imidazole rings is 1. The highest BCUT2D eigenvalue weighted by Gasteiger charge is 2.24. The first-order chi connectivity index (χ1) is 14.2. The van der Waals surface area contributed by atoms with E-state index in [1.807, 2.05) is 37.5 Å². The molecule has 0 aliphatic carbocycles. The molecule has 0 amide bonds. The van der Waals surface area contributed by atoms with Crippen LogP contribution in [0.3, 0.4) is 0 Å². The van der Waals surface area contributed by atoms with Gasteiger partial charge in [0.15, 0.2) is 0 Å². The van der Waals surface area contributed by atoms with E-state index in [9.17, 15) is 9.18 Å². The van der Waals surface area contributed by atoms with Crippen LogP contribution in [0.15, 0.2) is 40.9 Å². The van der Waals surface area contributed by atoms with Crippen molar-refractivity contribution < 1.29 is 18.7 Å². The molecular weight excluding hydrogens is 451 g/mol. The zero-order valence-electron chi connectivity index (χ0n) is 17.2. The number of aromatic nitrogens is 2. The summed E-state index contributed by atoms with van der Waals surface area (Å²) in [6.07, 6.45) is 1.42. The highest BCUT2D eigenvalue weighted by atomic mass is 79.9. The molecule has 0 saturated carbocycles. The molecule has 3 aromatic rings. The van der Waals surface area contributed by atoms with Gasteiger partial charge in [-0.15, -0.1) is 0 Å². The van der Waals surface area contributed by atoms with Gasteiger partial charge in [0.1, 0.15) is 17.2 Å². The topological polar surface area (TPSA) is 53.3 Å². The lowest BCUT2D eigenvalue weighted by atomic mass is 10.1. The summed E-state index contributed by atoms with van der Waals surface area (Å²) in [6, 6.07) is 10.4. The fourth-order valence-corrected chi connectivity index (χ4v) is 3.78. The number of benzene rings is 2. The number of ether oxygens (including phenoxy) is 2. The van der Waals surface area contributed by atoms with Crippen molar-refractivity contribution in [3.63, 3.8) is 0 Å². The molecule has 0 unspecified atom stereocenters. The Bertz CT molecular complexity index is 1100. The number of carbonyl (C=O) groups excluding carboxylic acids is 1. The minimum atomic E-state index is -0.573. The van der Waals surface area contributed by atoms with E-state index in [0.29, 0.717) is 28.6 Å². The van der Waals surface area contributed by atoms with Crippen molar-refractivity contribution in [2.75, 3.05) is 6.61 Å². The molecular formula is C23H24BrFN2O3. The van der Waals surface area contributed by atoms with E-state index in [-0.39, 0.29) is 17.9 Å². The molecule has 1 aliphatic heterocycles. The maximum absolute atomic E-state index is 14.4. The van der Waals surface area contributed by atoms with Gasteiger partial charge >= 0.3 is 5.97 Å². The molecule has 0 radical (unpaired) electrons. The summed E-state index contributed by atoms with van der Waals surface area (Å²) in [7, 11) is 0. The third-order valence-electron chi connectivity index (χ3n) is 5.01. The average Bonchev–Trinajstić information content (AvgIpc) is 2.95. The largest absolute Gasteiger partial charge is 0.456 e. The minimum absolute atomic E-state index is 0.0982. The van der Waals surface area contributed by atoms with Gasteiger partial charge < -0.3 is 14.0 Å². The summed E-state index contributed by atoms with van der Waals surface area (Å²) in [5.41, 5.74) is 2.04. The van der Waals surface area contributed by atoms with Crippen molar-refractivity contribution in [2.45, 2.75) is 51.9 Å². The number of hydrogen-bond donors (Lipinski definition) is 0. The van der Waals surface area contributed by atoms with E-state index in [4.69, 9.17) is 14.5 Å². The lowest BCUT2D eigenvalue weighted by molar-refractivity contribution is -0.0589. The van der Waals surface area contributed by atoms with Gasteiger partial charge in [0.25, 0.3) is 0 Å². The first-order valence-electron chi connectivity index (χ1n) is 9.98. The summed E-state index contributed by atoms with van der Waals surface area (Å²) in [5.74, 6) is 0.0814. The van der Waals surface area contributed by atoms with Crippen LogP contribution in [0.4, 0.5) is 4.39 Å². The lowest BCUT2D eigenvalue weighted by Crippen LogP contribution is -2.31. The predicted octanol–water partition coefficient (Wildman–Crippen LogP) is 5.27. The molecule has 4 rings (SSSR count). The fourth-order valence-electron chi connectivity index (χ4n) is 3.44. The smallest absolute Gasteiger partial charge is 0.338 e. The third-order valence-corrected chi connectivity index (χ3v) is 5.50. The van der Waals surface area contributed by atoms with Gasteiger partial charge in [-0.2, -0.15) is 0 Å². The molecule has 5 nitrogen and oxygen atoms in total. The molecule has 2 aromatic carbocycles. The van der Waals surface area contributed by atoms with Gasteiger partial charge in [-0.05, 0) is 63.1 Å². The molecule has 7 heteroatoms. The quantitative estimate of drug-likeness (QED) is 0.472. The number of carbonyl (C=O) groups is 1. The molecule has 0 bridgehead atoms. The van der Waals surface area contributed by atoms with Crippen LogP contribution in [0.2, 0.25) is 0 Å². The molecule has 1 saturated heterocycles. The van der Waals surface area contributed by atoms with E-state index in [2.05, 4.69) is 15.9 Å². The van der Waals surface area contributed by atoms with Crippen LogP contribution in [0, 0.1) is 5.82 Å². The zero-order valence-corrected chi connectivity index (χ0v) is 18.8. The first kappa shape index (κ1) is 21.0. The van der Waals surface area contributed by atoms with Crippen molar-refractivity contribution in [3.8, 4) is 0 Å². The Labute approximate surface area is 183 Å². The van der Waals surface area contributed by atoms with Crippen molar-refractivity contribution in [2.24, 2.45) is 0 Å². The van der Waals surface area contributed by atoms with Crippen LogP contribution in [-0.2, 0) is 22.4 Å². The SMILES string of the molecule is CC(C)(C)OC(=O)c1ccc2nc(Cc3ccc(Br)cc3F)n(C[C@@H]3CCO3)c2c1. The van der Waals surface area contributed by atoms with Gasteiger partial charge in [0.05, 0.1) is 29.2 Å². The first-order valence-corrected chi connectivity index (χ1v) is 10.8. The molecule has 30 heavy (non-hydrogen) atoms. The Kier molecular flexibility index (Phi) is 5.68. The summed E-state index contributed by atoms with van der Waals surface area (Å²) >= 11 is 3.29. The van der Waals surface area contributed by atoms with E-state index < -0.39 is 5.60 Å². The van der Waals surface area contributed by atoms with Crippen molar-refractivity contribution in [3.05, 3.63) is 63.6 Å². The van der Waals surface area contributed by atoms with Crippen molar-refractivity contribution >= 4 is 32.9 Å². The highest BCUT2D eigenvalue weighted by molar-refractivity contribution is 9.10. The van der Waals surface area contributed by atoms with E-state index in [1.54, 1.807) is 18.2 Å². The molecule has 1 fully saturated rings. The third kappa shape index (κ3) is 4.57. The normalized spacial score (nSPS) is 16.5. The molecule has 1 atom stereocenters. The van der Waals surface area contributed by atoms with Gasteiger partial charge in [0, 0.05) is 17.5 Å². The second-order valence-corrected chi connectivity index (χ2v) is 9.45. The van der Waals surface area contributed by atoms with Gasteiger partial charge in [-0.3, -0.25) is 0 Å². The summed E-state index contributed by atoms with van der Waals surface area (Å²) < 4.78 is 28.3. The molecule has 158 valence electrons. The molecule has 2 heterocycles. The maximum Gasteiger partial charge on any atom is 0.338 e. The second-order valence-electron chi connectivity index (χ2n) is 8.54. The number of esters is 1. The molecule has 1 aliphatic rings. The molecule has 1 aromatic heterocycles. The standard InChI is InChI=1S/C23H24BrFN2O3/c1-23(2,3)30-22(28)15-5-7-19-20(10-15)27(13-17-8-9-29-17)21(26-19)11-14-4-6-16(24)12-18(14)25/h4-7,10,12,17H,8-9,11,13H2,1-3H3/t17-/m0/s1. The Morgan fingerprint density at radius 2 is 2.07 bits per heavy atom. The van der Waals surface area contributed by atoms with Crippen LogP contribution in [-0.4, -0.2) is 33.8 Å². The van der Waals surface area contributed by atoms with Crippen LogP contribution >= 0.6 is 15.9 Å². The Morgan fingerprint density at radius 1 is 1.30 bits per heavy atom. The lowest BCUT2D eigenvalue weighted by Gasteiger charge is -2.27. The monoisotopic (exact) mass is 474 g/mol. The van der Waals surface area contributed by atoms with E-state index >= 15 is 0 Å². The Hall–Kier alpha value is -2.25. The van der Waals surface area contributed by atoms with Gasteiger partial charge in [-0.25, -0.2) is 14.2 Å². The van der Waals surface area contributed by atoms with Gasteiger partial charge in [0.2, 0.25) is 0 Å². The summed E-state index contributed by atoms with van der Waals surface area (Å²) in [4.78, 5) is 17.3. The van der Waals surface area contributed by atoms with Crippen LogP contribution in [0.5, 0.6) is 0 Å². The summed E-state index contributed by atoms with van der Waals surface area (Å²) in [5, 5.41) is 0. The van der Waals surface area contributed by atoms with Crippen LogP contribution in [0.1, 0.15) is 48.9 Å². The number of fused-ring (bicyclic) bond motifs is 1. The van der Waals surface area contributed by atoms with Crippen molar-refractivity contribution in [1.82, 2.24) is 9.55 Å². The van der Waals surface area contributed by atoms with Crippen LogP contribution in [0.25, 0.3) is 11.0 Å². The molecule has 0 N–H and O–H groups in total. The van der Waals surface area contributed by atoms with E-state index in [0.717, 1.165) is 29.9 Å². The average molecular weight is 475 g/mol. The second kappa shape index (κ2) is 8.12. The van der Waals surface area contributed by atoms with Crippen LogP contribution < -0.4 is 0 Å². The number of halogens is 2. The Morgan fingerprint density at radius 3 is 2.70 bits per heavy atom. The van der Waals surface area contributed by atoms with Gasteiger partial charge in [-0.1, -0.05) is 22.0 Å². The minimum Gasteiger partial charge on any atom is -0.456 e. The van der Waals surface area contributed by atoms with Crippen molar-refractivity contribution in [1.29, 1.82) is 0 Å². The maximum atomic E-state index is 14.4. The highest BCUT2D eigenvalue weighted by Crippen LogP contribution is 2.26. The van der Waals surface area contributed by atoms with E-state index in [1.165, 1.54) is 6.07 Å². The molecule has 0 spiro atoms. The fraction of sp³-hybridized carbons (Fsp3) is 0.391. The zero-order chi connectivity index (χ0) is 21.5. The summed E-state index contributed by atoms with van der Waals surface area (Å²) in [6.45, 7) is 6.88. The Balaban J connectivity index is 1.73. The number of hydrogen-bond acceptors (Lipinski definition) is 4.